The summed E-state index contributed by atoms with van der Waals surface area (Å²) >= 11 is 0. The molecule has 1 aromatic rings. The number of hydrogen-bond acceptors (Lipinski definition) is 4. The van der Waals surface area contributed by atoms with E-state index in [4.69, 9.17) is 4.42 Å². The van der Waals surface area contributed by atoms with Crippen LogP contribution in [0.1, 0.15) is 63.9 Å². The number of aliphatic hydroxyl groups is 1. The van der Waals surface area contributed by atoms with Gasteiger partial charge < -0.3 is 25.1 Å². The fourth-order valence-electron chi connectivity index (χ4n) is 3.40. The van der Waals surface area contributed by atoms with Crippen molar-refractivity contribution >= 4 is 5.96 Å². The molecule has 1 fully saturated rings. The summed E-state index contributed by atoms with van der Waals surface area (Å²) in [4.78, 5) is 7.14. The van der Waals surface area contributed by atoms with Crippen LogP contribution < -0.4 is 10.6 Å². The summed E-state index contributed by atoms with van der Waals surface area (Å²) in [5, 5.41) is 17.2. The Hall–Kier alpha value is -1.53. The fraction of sp³-hybridized carbons (Fsp3) is 0.762. The molecule has 154 valence electrons. The molecule has 0 saturated carbocycles. The molecule has 6 heteroatoms. The number of furan rings is 1. The minimum Gasteiger partial charge on any atom is -0.463 e. The second kappa shape index (κ2) is 11.3. The smallest absolute Gasteiger partial charge is 0.191 e. The van der Waals surface area contributed by atoms with Crippen molar-refractivity contribution < 1.29 is 9.52 Å². The number of guanidine groups is 1. The number of hydrogen-bond donors (Lipinski definition) is 3. The van der Waals surface area contributed by atoms with Crippen LogP contribution in [0.4, 0.5) is 0 Å². The van der Waals surface area contributed by atoms with Crippen LogP contribution in [0.5, 0.6) is 0 Å². The van der Waals surface area contributed by atoms with Crippen molar-refractivity contribution in [1.29, 1.82) is 0 Å². The molecule has 1 saturated heterocycles. The van der Waals surface area contributed by atoms with E-state index < -0.39 is 5.60 Å². The van der Waals surface area contributed by atoms with E-state index in [2.05, 4.69) is 20.5 Å². The lowest BCUT2D eigenvalue weighted by Gasteiger charge is -2.26. The Morgan fingerprint density at radius 2 is 1.96 bits per heavy atom. The number of aryl methyl sites for hydroxylation is 1. The summed E-state index contributed by atoms with van der Waals surface area (Å²) in [5.74, 6) is 2.10. The van der Waals surface area contributed by atoms with Crippen molar-refractivity contribution in [2.75, 3.05) is 39.3 Å². The summed E-state index contributed by atoms with van der Waals surface area (Å²) in [5.41, 5.74) is -1.11. The predicted molar refractivity (Wildman–Crippen MR) is 111 cm³/mol. The first-order valence-electron chi connectivity index (χ1n) is 10.5. The number of nitrogens with zero attached hydrogens (tertiary/aromatic N) is 2. The van der Waals surface area contributed by atoms with E-state index >= 15 is 0 Å². The van der Waals surface area contributed by atoms with E-state index in [1.807, 2.05) is 26.0 Å². The number of unbranched alkanes of at least 4 members (excludes halogenated alkanes) is 2. The minimum atomic E-state index is -1.11. The highest BCUT2D eigenvalue weighted by Crippen LogP contribution is 2.23. The van der Waals surface area contributed by atoms with Crippen molar-refractivity contribution in [3.8, 4) is 0 Å². The van der Waals surface area contributed by atoms with Crippen molar-refractivity contribution in [1.82, 2.24) is 15.5 Å². The van der Waals surface area contributed by atoms with Gasteiger partial charge in [-0.15, -0.1) is 0 Å². The van der Waals surface area contributed by atoms with E-state index in [-0.39, 0.29) is 6.54 Å². The zero-order valence-corrected chi connectivity index (χ0v) is 17.4. The number of likely N-dealkylation sites (tertiary alicyclic amines) is 1. The molecule has 1 aliphatic heterocycles. The summed E-state index contributed by atoms with van der Waals surface area (Å²) < 4.78 is 5.55. The summed E-state index contributed by atoms with van der Waals surface area (Å²) in [6.45, 7) is 11.4. The molecular weight excluding hydrogens is 340 g/mol. The molecule has 1 atom stereocenters. The lowest BCUT2D eigenvalue weighted by molar-refractivity contribution is 0.0428. The Labute approximate surface area is 164 Å². The summed E-state index contributed by atoms with van der Waals surface area (Å²) in [6.07, 6.45) is 7.76. The Bertz CT molecular complexity index is 562. The van der Waals surface area contributed by atoms with Gasteiger partial charge in [-0.3, -0.25) is 0 Å². The maximum Gasteiger partial charge on any atom is 0.191 e. The van der Waals surface area contributed by atoms with Crippen molar-refractivity contribution in [2.45, 2.75) is 64.9 Å². The molecule has 2 rings (SSSR count). The van der Waals surface area contributed by atoms with Crippen LogP contribution in [0.15, 0.2) is 21.5 Å². The third-order valence-electron chi connectivity index (χ3n) is 5.05. The van der Waals surface area contributed by atoms with Crippen LogP contribution in [0.25, 0.3) is 0 Å². The monoisotopic (exact) mass is 378 g/mol. The molecule has 27 heavy (non-hydrogen) atoms. The normalized spacial score (nSPS) is 18.3. The maximum absolute atomic E-state index is 10.6. The molecule has 3 N–H and O–H groups in total. The van der Waals surface area contributed by atoms with Crippen LogP contribution in [0.3, 0.4) is 0 Å². The summed E-state index contributed by atoms with van der Waals surface area (Å²) in [7, 11) is 0. The molecule has 1 aliphatic rings. The van der Waals surface area contributed by atoms with Gasteiger partial charge in [-0.05, 0) is 78.2 Å². The number of rotatable bonds is 10. The molecule has 0 bridgehead atoms. The predicted octanol–water partition coefficient (Wildman–Crippen LogP) is 3.01. The van der Waals surface area contributed by atoms with E-state index in [9.17, 15) is 5.11 Å². The topological polar surface area (TPSA) is 73.0 Å². The van der Waals surface area contributed by atoms with Gasteiger partial charge in [0.1, 0.15) is 17.1 Å². The van der Waals surface area contributed by atoms with Crippen LogP contribution in [-0.4, -0.2) is 55.2 Å². The van der Waals surface area contributed by atoms with Gasteiger partial charge in [-0.1, -0.05) is 12.8 Å². The van der Waals surface area contributed by atoms with Gasteiger partial charge in [0.05, 0.1) is 6.54 Å². The average Bonchev–Trinajstić information content (AvgIpc) is 3.11. The molecule has 0 spiro atoms. The molecule has 0 aliphatic carbocycles. The Morgan fingerprint density at radius 1 is 1.19 bits per heavy atom. The second-order valence-corrected chi connectivity index (χ2v) is 7.77. The average molecular weight is 379 g/mol. The third-order valence-corrected chi connectivity index (χ3v) is 5.05. The van der Waals surface area contributed by atoms with Crippen LogP contribution in [0, 0.1) is 6.92 Å². The third kappa shape index (κ3) is 7.93. The zero-order chi connectivity index (χ0) is 19.5. The second-order valence-electron chi connectivity index (χ2n) is 7.77. The van der Waals surface area contributed by atoms with Gasteiger partial charge >= 0.3 is 0 Å². The van der Waals surface area contributed by atoms with E-state index in [0.29, 0.717) is 5.76 Å². The quantitative estimate of drug-likeness (QED) is 0.332. The van der Waals surface area contributed by atoms with Gasteiger partial charge in [0.25, 0.3) is 0 Å². The minimum absolute atomic E-state index is 0.254. The van der Waals surface area contributed by atoms with Crippen LogP contribution in [0.2, 0.25) is 0 Å². The lowest BCUT2D eigenvalue weighted by Crippen LogP contribution is -2.39. The molecular formula is C21H38N4O2. The number of aliphatic imine (C=N–C) groups is 1. The maximum atomic E-state index is 10.6. The largest absolute Gasteiger partial charge is 0.463 e. The lowest BCUT2D eigenvalue weighted by atomic mass is 10.0. The molecule has 0 aromatic carbocycles. The van der Waals surface area contributed by atoms with E-state index in [1.54, 1.807) is 6.92 Å². The van der Waals surface area contributed by atoms with Crippen LogP contribution >= 0.6 is 0 Å². The first-order chi connectivity index (χ1) is 13.0. The highest BCUT2D eigenvalue weighted by atomic mass is 16.4. The molecule has 0 radical (unpaired) electrons. The molecule has 0 amide bonds. The van der Waals surface area contributed by atoms with Crippen molar-refractivity contribution in [3.05, 3.63) is 23.7 Å². The van der Waals surface area contributed by atoms with Gasteiger partial charge in [-0.2, -0.15) is 0 Å². The zero-order valence-electron chi connectivity index (χ0n) is 17.4. The molecule has 6 nitrogen and oxygen atoms in total. The Kier molecular flexibility index (Phi) is 9.15. The number of piperidine rings is 1. The van der Waals surface area contributed by atoms with Crippen molar-refractivity contribution in [3.63, 3.8) is 0 Å². The van der Waals surface area contributed by atoms with Gasteiger partial charge in [-0.25, -0.2) is 4.99 Å². The van der Waals surface area contributed by atoms with Gasteiger partial charge in [0, 0.05) is 13.1 Å². The van der Waals surface area contributed by atoms with Crippen LogP contribution in [-0.2, 0) is 5.60 Å². The molecule has 1 unspecified atom stereocenters. The SMILES string of the molecule is CCNC(=NCC(C)(O)c1ccc(C)o1)NCCCCCN1CCCCC1. The first-order valence-corrected chi connectivity index (χ1v) is 10.5. The standard InChI is InChI=1S/C21H38N4O2/c1-4-22-20(24-17-21(3,26)19-12-11-18(2)27-19)23-13-7-5-8-14-25-15-9-6-10-16-25/h11-12,26H,4-10,13-17H2,1-3H3,(H2,22,23,24). The highest BCUT2D eigenvalue weighted by Gasteiger charge is 2.26. The Balaban J connectivity index is 1.68. The highest BCUT2D eigenvalue weighted by molar-refractivity contribution is 5.79. The Morgan fingerprint density at radius 3 is 2.63 bits per heavy atom. The number of nitrogens with one attached hydrogen (secondary N) is 2. The molecule has 1 aromatic heterocycles. The molecule has 2 heterocycles. The van der Waals surface area contributed by atoms with E-state index in [0.717, 1.165) is 31.2 Å². The fourth-order valence-corrected chi connectivity index (χ4v) is 3.40. The van der Waals surface area contributed by atoms with E-state index in [1.165, 1.54) is 51.7 Å². The first kappa shape index (κ1) is 21.8. The van der Waals surface area contributed by atoms with Gasteiger partial charge in [0.15, 0.2) is 5.96 Å². The van der Waals surface area contributed by atoms with Gasteiger partial charge in [0.2, 0.25) is 0 Å². The summed E-state index contributed by atoms with van der Waals surface area (Å²) in [6, 6.07) is 3.68. The van der Waals surface area contributed by atoms with Crippen molar-refractivity contribution in [2.24, 2.45) is 4.99 Å².